The molecule has 41 heavy (non-hydrogen) atoms. The Balaban J connectivity index is 1.34. The van der Waals surface area contributed by atoms with Gasteiger partial charge in [-0.15, -0.1) is 0 Å². The largest absolute Gasteiger partial charge is 0.497 e. The van der Waals surface area contributed by atoms with E-state index in [2.05, 4.69) is 21.1 Å². The first-order valence-corrected chi connectivity index (χ1v) is 14.0. The molecule has 2 unspecified atom stereocenters. The van der Waals surface area contributed by atoms with E-state index in [-0.39, 0.29) is 6.04 Å². The molecule has 0 amide bonds. The average Bonchev–Trinajstić information content (AvgIpc) is 3.76. The summed E-state index contributed by atoms with van der Waals surface area (Å²) in [6, 6.07) is 15.4. The summed E-state index contributed by atoms with van der Waals surface area (Å²) in [4.78, 5) is 21.8. The predicted molar refractivity (Wildman–Crippen MR) is 156 cm³/mol. The van der Waals surface area contributed by atoms with Crippen LogP contribution in [0.4, 0.5) is 0 Å². The molecule has 0 radical (unpaired) electrons. The summed E-state index contributed by atoms with van der Waals surface area (Å²) >= 11 is 0. The zero-order chi connectivity index (χ0) is 28.5. The number of aliphatic carboxylic acids is 1. The summed E-state index contributed by atoms with van der Waals surface area (Å²) in [5, 5.41) is 27.2. The Labute approximate surface area is 238 Å². The Morgan fingerprint density at radius 2 is 1.93 bits per heavy atom. The SMILES string of the molecule is COc1ccc2cc(C(C(=O)O)C(C)n3ccc4c(-c5cnn([C@H](CC#N)C6CCCC6)c5)ncnc43)ccc2c1. The molecule has 208 valence electrons. The van der Waals surface area contributed by atoms with Gasteiger partial charge in [0.1, 0.15) is 23.6 Å². The Kier molecular flexibility index (Phi) is 7.14. The Morgan fingerprint density at radius 3 is 2.68 bits per heavy atom. The first-order chi connectivity index (χ1) is 20.0. The minimum absolute atomic E-state index is 0.0533. The van der Waals surface area contributed by atoms with Crippen LogP contribution in [0, 0.1) is 17.2 Å². The van der Waals surface area contributed by atoms with Crippen molar-refractivity contribution in [2.24, 2.45) is 5.92 Å². The van der Waals surface area contributed by atoms with Gasteiger partial charge in [-0.1, -0.05) is 37.1 Å². The van der Waals surface area contributed by atoms with E-state index in [4.69, 9.17) is 4.74 Å². The second kappa shape index (κ2) is 11.0. The lowest BCUT2D eigenvalue weighted by Gasteiger charge is -2.23. The molecule has 1 saturated carbocycles. The quantitative estimate of drug-likeness (QED) is 0.222. The molecule has 1 aliphatic carbocycles. The fraction of sp³-hybridized carbons (Fsp3) is 0.344. The Bertz CT molecular complexity index is 1760. The number of benzene rings is 2. The monoisotopic (exact) mass is 548 g/mol. The van der Waals surface area contributed by atoms with Crippen molar-refractivity contribution in [3.63, 3.8) is 0 Å². The molecule has 3 heterocycles. The van der Waals surface area contributed by atoms with Crippen molar-refractivity contribution in [2.45, 2.75) is 57.0 Å². The lowest BCUT2D eigenvalue weighted by atomic mass is 9.90. The zero-order valence-electron chi connectivity index (χ0n) is 23.1. The number of hydrogen-bond acceptors (Lipinski definition) is 6. The van der Waals surface area contributed by atoms with Crippen LogP contribution in [0.15, 0.2) is 67.4 Å². The standard InChI is InChI=1S/C32H32N6O3/c1-20(29(32(39)40)24-8-7-23-16-26(41-2)10-9-22(23)15-24)37-14-12-27-30(34-19-35-31(27)37)25-17-36-38(18-25)28(11-13-33)21-5-3-4-6-21/h7-10,12,14-21,28-29H,3-6,11H2,1-2H3,(H,39,40)/t20?,28-,29?/m1/s1. The summed E-state index contributed by atoms with van der Waals surface area (Å²) in [5.41, 5.74) is 2.97. The predicted octanol–water partition coefficient (Wildman–Crippen LogP) is 6.53. The van der Waals surface area contributed by atoms with Crippen LogP contribution in [0.25, 0.3) is 33.1 Å². The number of aromatic nitrogens is 5. The molecule has 3 atom stereocenters. The molecule has 0 spiro atoms. The van der Waals surface area contributed by atoms with Gasteiger partial charge in [-0.3, -0.25) is 9.48 Å². The summed E-state index contributed by atoms with van der Waals surface area (Å²) in [7, 11) is 1.63. The van der Waals surface area contributed by atoms with Gasteiger partial charge in [0.05, 0.1) is 37.5 Å². The van der Waals surface area contributed by atoms with Gasteiger partial charge in [-0.25, -0.2) is 9.97 Å². The number of fused-ring (bicyclic) bond motifs is 2. The van der Waals surface area contributed by atoms with Gasteiger partial charge in [0.25, 0.3) is 0 Å². The third-order valence-electron chi connectivity index (χ3n) is 8.59. The van der Waals surface area contributed by atoms with Crippen molar-refractivity contribution in [1.82, 2.24) is 24.3 Å². The van der Waals surface area contributed by atoms with E-state index in [0.29, 0.717) is 18.0 Å². The van der Waals surface area contributed by atoms with Crippen molar-refractivity contribution in [2.75, 3.05) is 7.11 Å². The van der Waals surface area contributed by atoms with Gasteiger partial charge in [0.15, 0.2) is 0 Å². The molecular weight excluding hydrogens is 516 g/mol. The molecule has 1 aliphatic rings. The lowest BCUT2D eigenvalue weighted by Crippen LogP contribution is -2.22. The highest BCUT2D eigenvalue weighted by Gasteiger charge is 2.30. The van der Waals surface area contributed by atoms with E-state index >= 15 is 0 Å². The van der Waals surface area contributed by atoms with Crippen LogP contribution in [-0.2, 0) is 4.79 Å². The van der Waals surface area contributed by atoms with E-state index in [0.717, 1.165) is 51.6 Å². The molecule has 2 aromatic carbocycles. The van der Waals surface area contributed by atoms with Gasteiger partial charge in [-0.05, 0) is 60.2 Å². The fourth-order valence-corrected chi connectivity index (χ4v) is 6.43. The van der Waals surface area contributed by atoms with Gasteiger partial charge in [-0.2, -0.15) is 10.4 Å². The van der Waals surface area contributed by atoms with Crippen molar-refractivity contribution >= 4 is 27.8 Å². The van der Waals surface area contributed by atoms with Crippen LogP contribution in [-0.4, -0.2) is 42.5 Å². The Morgan fingerprint density at radius 1 is 1.15 bits per heavy atom. The summed E-state index contributed by atoms with van der Waals surface area (Å²) in [5.74, 6) is -0.484. The molecule has 6 rings (SSSR count). The molecule has 1 N–H and O–H groups in total. The molecule has 5 aromatic rings. The van der Waals surface area contributed by atoms with E-state index < -0.39 is 17.9 Å². The van der Waals surface area contributed by atoms with Crippen LogP contribution in [0.5, 0.6) is 5.75 Å². The van der Waals surface area contributed by atoms with Crippen molar-refractivity contribution in [1.29, 1.82) is 5.26 Å². The second-order valence-corrected chi connectivity index (χ2v) is 10.9. The second-order valence-electron chi connectivity index (χ2n) is 10.9. The highest BCUT2D eigenvalue weighted by molar-refractivity contribution is 5.91. The number of nitrogens with zero attached hydrogens (tertiary/aromatic N) is 6. The molecule has 0 saturated heterocycles. The van der Waals surface area contributed by atoms with Crippen LogP contribution in [0.1, 0.15) is 62.6 Å². The minimum atomic E-state index is -0.904. The van der Waals surface area contributed by atoms with Gasteiger partial charge in [0, 0.05) is 29.4 Å². The first kappa shape index (κ1) is 26.5. The third kappa shape index (κ3) is 4.91. The van der Waals surface area contributed by atoms with Crippen LogP contribution in [0.3, 0.4) is 0 Å². The van der Waals surface area contributed by atoms with Crippen LogP contribution < -0.4 is 4.74 Å². The number of carboxylic acids is 1. The maximum absolute atomic E-state index is 12.6. The highest BCUT2D eigenvalue weighted by Crippen LogP contribution is 2.38. The summed E-state index contributed by atoms with van der Waals surface area (Å²) < 4.78 is 9.17. The number of ether oxygens (including phenoxy) is 1. The third-order valence-corrected chi connectivity index (χ3v) is 8.59. The maximum Gasteiger partial charge on any atom is 0.313 e. The molecule has 1 fully saturated rings. The normalized spacial score (nSPS) is 16.0. The minimum Gasteiger partial charge on any atom is -0.497 e. The van der Waals surface area contributed by atoms with E-state index in [9.17, 15) is 15.2 Å². The van der Waals surface area contributed by atoms with E-state index in [1.54, 1.807) is 13.3 Å². The van der Waals surface area contributed by atoms with Crippen molar-refractivity contribution < 1.29 is 14.6 Å². The molecule has 0 bridgehead atoms. The van der Waals surface area contributed by atoms with Crippen LogP contribution >= 0.6 is 0 Å². The first-order valence-electron chi connectivity index (χ1n) is 14.0. The topological polar surface area (TPSA) is 119 Å². The molecule has 9 nitrogen and oxygen atoms in total. The number of nitriles is 1. The summed E-state index contributed by atoms with van der Waals surface area (Å²) in [6.07, 6.45) is 12.2. The fourth-order valence-electron chi connectivity index (χ4n) is 6.43. The van der Waals surface area contributed by atoms with Crippen molar-refractivity contribution in [3.8, 4) is 23.1 Å². The van der Waals surface area contributed by atoms with Gasteiger partial charge < -0.3 is 14.4 Å². The number of hydrogen-bond donors (Lipinski definition) is 1. The maximum atomic E-state index is 12.6. The van der Waals surface area contributed by atoms with E-state index in [1.165, 1.54) is 19.2 Å². The molecule has 0 aliphatic heterocycles. The smallest absolute Gasteiger partial charge is 0.313 e. The lowest BCUT2D eigenvalue weighted by molar-refractivity contribution is -0.139. The molecule has 3 aromatic heterocycles. The number of carbonyl (C=O) groups is 1. The molecular formula is C32H32N6O3. The number of rotatable bonds is 9. The summed E-state index contributed by atoms with van der Waals surface area (Å²) in [6.45, 7) is 1.91. The van der Waals surface area contributed by atoms with E-state index in [1.807, 2.05) is 71.0 Å². The van der Waals surface area contributed by atoms with Gasteiger partial charge in [0.2, 0.25) is 0 Å². The average molecular weight is 549 g/mol. The number of carboxylic acid groups (broad SMARTS) is 1. The molecule has 9 heteroatoms. The Hall–Kier alpha value is -4.71. The number of methoxy groups -OCH3 is 1. The highest BCUT2D eigenvalue weighted by atomic mass is 16.5. The zero-order valence-corrected chi connectivity index (χ0v) is 23.1. The van der Waals surface area contributed by atoms with Gasteiger partial charge >= 0.3 is 5.97 Å². The van der Waals surface area contributed by atoms with Crippen LogP contribution in [0.2, 0.25) is 0 Å². The van der Waals surface area contributed by atoms with Crippen molar-refractivity contribution in [3.05, 3.63) is 72.9 Å².